The predicted octanol–water partition coefficient (Wildman–Crippen LogP) is 3.01. The maximum absolute atomic E-state index is 11.4. The smallest absolute Gasteiger partial charge is 0.320 e. The van der Waals surface area contributed by atoms with Gasteiger partial charge in [0.15, 0.2) is 0 Å². The summed E-state index contributed by atoms with van der Waals surface area (Å²) in [5, 5.41) is 12.6. The minimum Gasteiger partial charge on any atom is -0.480 e. The number of rotatable bonds is 7. The number of hydrogen-bond acceptors (Lipinski definition) is 3. The fourth-order valence-corrected chi connectivity index (χ4v) is 2.35. The van der Waals surface area contributed by atoms with Gasteiger partial charge in [0.05, 0.1) is 6.04 Å². The van der Waals surface area contributed by atoms with Gasteiger partial charge in [0.2, 0.25) is 0 Å². The molecule has 0 saturated heterocycles. The molecule has 2 atom stereocenters. The Morgan fingerprint density at radius 2 is 1.76 bits per heavy atom. The molecule has 4 heteroatoms. The number of carbonyl (C=O) groups is 1. The highest BCUT2D eigenvalue weighted by Crippen LogP contribution is 2.22. The largest absolute Gasteiger partial charge is 0.480 e. The van der Waals surface area contributed by atoms with Gasteiger partial charge in [-0.15, -0.1) is 0 Å². The molecule has 0 radical (unpaired) electrons. The van der Waals surface area contributed by atoms with Crippen LogP contribution >= 0.6 is 0 Å². The van der Waals surface area contributed by atoms with Crippen LogP contribution in [0.1, 0.15) is 36.9 Å². The van der Waals surface area contributed by atoms with Gasteiger partial charge in [-0.2, -0.15) is 0 Å². The summed E-state index contributed by atoms with van der Waals surface area (Å²) in [5.74, 6) is -0.813. The fourth-order valence-electron chi connectivity index (χ4n) is 2.35. The van der Waals surface area contributed by atoms with E-state index in [1.165, 1.54) is 0 Å². The minimum atomic E-state index is -0.813. The second kappa shape index (κ2) is 7.55. The molecule has 2 N–H and O–H groups in total. The first-order valence-corrected chi connectivity index (χ1v) is 7.16. The lowest BCUT2D eigenvalue weighted by atomic mass is 9.98. The third kappa shape index (κ3) is 4.13. The SMILES string of the molecule is CCCC(NC(c1ccccc1)c1ccncc1)C(=O)O. The Morgan fingerprint density at radius 3 is 2.33 bits per heavy atom. The summed E-state index contributed by atoms with van der Waals surface area (Å²) in [6.45, 7) is 1.99. The van der Waals surface area contributed by atoms with Gasteiger partial charge in [-0.1, -0.05) is 43.7 Å². The van der Waals surface area contributed by atoms with Crippen molar-refractivity contribution in [1.29, 1.82) is 0 Å². The molecule has 0 aliphatic heterocycles. The second-order valence-corrected chi connectivity index (χ2v) is 4.97. The van der Waals surface area contributed by atoms with E-state index in [0.29, 0.717) is 6.42 Å². The van der Waals surface area contributed by atoms with Gasteiger partial charge < -0.3 is 5.11 Å². The van der Waals surface area contributed by atoms with Crippen LogP contribution in [0.2, 0.25) is 0 Å². The van der Waals surface area contributed by atoms with E-state index < -0.39 is 12.0 Å². The van der Waals surface area contributed by atoms with Crippen LogP contribution in [0.15, 0.2) is 54.9 Å². The summed E-state index contributed by atoms with van der Waals surface area (Å²) in [4.78, 5) is 15.4. The molecule has 110 valence electrons. The standard InChI is InChI=1S/C17H20N2O2/c1-2-6-15(17(20)21)19-16(13-7-4-3-5-8-13)14-9-11-18-12-10-14/h3-5,7-12,15-16,19H,2,6H2,1H3,(H,20,21). The van der Waals surface area contributed by atoms with Gasteiger partial charge in [0, 0.05) is 12.4 Å². The first-order valence-electron chi connectivity index (χ1n) is 7.16. The summed E-state index contributed by atoms with van der Waals surface area (Å²) >= 11 is 0. The molecule has 1 aromatic carbocycles. The highest BCUT2D eigenvalue weighted by Gasteiger charge is 2.22. The van der Waals surface area contributed by atoms with Crippen LogP contribution in [0.4, 0.5) is 0 Å². The van der Waals surface area contributed by atoms with Crippen molar-refractivity contribution >= 4 is 5.97 Å². The fraction of sp³-hybridized carbons (Fsp3) is 0.294. The van der Waals surface area contributed by atoms with Crippen molar-refractivity contribution in [3.63, 3.8) is 0 Å². The van der Waals surface area contributed by atoms with Crippen molar-refractivity contribution in [3.8, 4) is 0 Å². The number of benzene rings is 1. The van der Waals surface area contributed by atoms with E-state index in [-0.39, 0.29) is 6.04 Å². The Balaban J connectivity index is 2.30. The van der Waals surface area contributed by atoms with E-state index in [1.807, 2.05) is 49.4 Å². The van der Waals surface area contributed by atoms with E-state index in [1.54, 1.807) is 12.4 Å². The van der Waals surface area contributed by atoms with Crippen LogP contribution in [-0.4, -0.2) is 22.1 Å². The first kappa shape index (κ1) is 15.2. The Morgan fingerprint density at radius 1 is 1.14 bits per heavy atom. The number of nitrogens with one attached hydrogen (secondary N) is 1. The van der Waals surface area contributed by atoms with Crippen LogP contribution in [0.3, 0.4) is 0 Å². The Hall–Kier alpha value is -2.20. The van der Waals surface area contributed by atoms with E-state index in [4.69, 9.17) is 0 Å². The van der Waals surface area contributed by atoms with Gasteiger partial charge in [-0.3, -0.25) is 15.1 Å². The normalized spacial score (nSPS) is 13.6. The molecule has 4 nitrogen and oxygen atoms in total. The van der Waals surface area contributed by atoms with Crippen molar-refractivity contribution in [3.05, 3.63) is 66.0 Å². The van der Waals surface area contributed by atoms with Crippen molar-refractivity contribution < 1.29 is 9.90 Å². The van der Waals surface area contributed by atoms with Crippen LogP contribution in [0.25, 0.3) is 0 Å². The Labute approximate surface area is 124 Å². The maximum Gasteiger partial charge on any atom is 0.320 e. The monoisotopic (exact) mass is 284 g/mol. The molecule has 0 aliphatic rings. The number of carboxylic acids is 1. The zero-order chi connectivity index (χ0) is 15.1. The van der Waals surface area contributed by atoms with Gasteiger partial charge in [-0.25, -0.2) is 0 Å². The van der Waals surface area contributed by atoms with Crippen LogP contribution in [0, 0.1) is 0 Å². The Kier molecular flexibility index (Phi) is 5.46. The van der Waals surface area contributed by atoms with Crippen molar-refractivity contribution in [2.24, 2.45) is 0 Å². The molecular weight excluding hydrogens is 264 g/mol. The zero-order valence-electron chi connectivity index (χ0n) is 12.1. The average molecular weight is 284 g/mol. The van der Waals surface area contributed by atoms with Gasteiger partial charge in [-0.05, 0) is 29.7 Å². The molecule has 0 bridgehead atoms. The molecule has 2 rings (SSSR count). The van der Waals surface area contributed by atoms with E-state index in [2.05, 4.69) is 10.3 Å². The van der Waals surface area contributed by atoms with E-state index in [9.17, 15) is 9.90 Å². The maximum atomic E-state index is 11.4. The highest BCUT2D eigenvalue weighted by atomic mass is 16.4. The minimum absolute atomic E-state index is 0.151. The average Bonchev–Trinajstić information content (AvgIpc) is 2.53. The molecule has 1 aromatic heterocycles. The number of aliphatic carboxylic acids is 1. The van der Waals surface area contributed by atoms with E-state index >= 15 is 0 Å². The quantitative estimate of drug-likeness (QED) is 0.820. The zero-order valence-corrected chi connectivity index (χ0v) is 12.1. The summed E-state index contributed by atoms with van der Waals surface area (Å²) in [7, 11) is 0. The Bertz CT molecular complexity index is 518. The van der Waals surface area contributed by atoms with Crippen LogP contribution in [-0.2, 0) is 4.79 Å². The third-order valence-electron chi connectivity index (χ3n) is 3.42. The summed E-state index contributed by atoms with van der Waals surface area (Å²) in [6, 6.07) is 13.0. The molecule has 0 fully saturated rings. The molecular formula is C17H20N2O2. The summed E-state index contributed by atoms with van der Waals surface area (Å²) in [6.07, 6.45) is 4.87. The lowest BCUT2D eigenvalue weighted by Crippen LogP contribution is -2.39. The van der Waals surface area contributed by atoms with Gasteiger partial charge in [0.25, 0.3) is 0 Å². The molecule has 2 aromatic rings. The topological polar surface area (TPSA) is 62.2 Å². The summed E-state index contributed by atoms with van der Waals surface area (Å²) < 4.78 is 0. The van der Waals surface area contributed by atoms with Crippen LogP contribution < -0.4 is 5.32 Å². The molecule has 0 spiro atoms. The van der Waals surface area contributed by atoms with Gasteiger partial charge in [0.1, 0.15) is 6.04 Å². The molecule has 0 saturated carbocycles. The number of aromatic nitrogens is 1. The summed E-state index contributed by atoms with van der Waals surface area (Å²) in [5.41, 5.74) is 2.06. The second-order valence-electron chi connectivity index (χ2n) is 4.97. The highest BCUT2D eigenvalue weighted by molar-refractivity contribution is 5.73. The lowest BCUT2D eigenvalue weighted by Gasteiger charge is -2.24. The van der Waals surface area contributed by atoms with Crippen molar-refractivity contribution in [2.45, 2.75) is 31.8 Å². The molecule has 21 heavy (non-hydrogen) atoms. The van der Waals surface area contributed by atoms with Crippen molar-refractivity contribution in [2.75, 3.05) is 0 Å². The number of hydrogen-bond donors (Lipinski definition) is 2. The van der Waals surface area contributed by atoms with E-state index in [0.717, 1.165) is 17.5 Å². The first-order chi connectivity index (χ1) is 10.2. The molecule has 0 amide bonds. The predicted molar refractivity (Wildman–Crippen MR) is 82.0 cm³/mol. The molecule has 1 heterocycles. The molecule has 0 aliphatic carbocycles. The van der Waals surface area contributed by atoms with Crippen LogP contribution in [0.5, 0.6) is 0 Å². The number of carboxylic acid groups (broad SMARTS) is 1. The lowest BCUT2D eigenvalue weighted by molar-refractivity contribution is -0.139. The molecule has 2 unspecified atom stereocenters. The van der Waals surface area contributed by atoms with Crippen molar-refractivity contribution in [1.82, 2.24) is 10.3 Å². The number of nitrogens with zero attached hydrogens (tertiary/aromatic N) is 1. The third-order valence-corrected chi connectivity index (χ3v) is 3.42. The number of pyridine rings is 1. The van der Waals surface area contributed by atoms with Gasteiger partial charge >= 0.3 is 5.97 Å².